The van der Waals surface area contributed by atoms with Crippen LogP contribution in [0.15, 0.2) is 28.1 Å². The maximum absolute atomic E-state index is 13.4. The largest absolute Gasteiger partial charge is 0.399 e. The van der Waals surface area contributed by atoms with Gasteiger partial charge >= 0.3 is 0 Å². The van der Waals surface area contributed by atoms with Crippen molar-refractivity contribution in [2.75, 3.05) is 11.1 Å². The summed E-state index contributed by atoms with van der Waals surface area (Å²) in [7, 11) is 0. The van der Waals surface area contributed by atoms with Crippen molar-refractivity contribution >= 4 is 38.6 Å². The van der Waals surface area contributed by atoms with Crippen LogP contribution in [0.4, 0.5) is 20.2 Å². The Labute approximate surface area is 110 Å². The fraction of sp³-hybridized carbons (Fsp3) is 0.0909. The summed E-state index contributed by atoms with van der Waals surface area (Å²) in [5.41, 5.74) is 5.25. The quantitative estimate of drug-likeness (QED) is 0.840. The molecule has 0 fully saturated rings. The van der Waals surface area contributed by atoms with Crippen molar-refractivity contribution in [1.29, 1.82) is 0 Å². The molecule has 2 rings (SSSR count). The molecular formula is C11H9BrF2N2S. The van der Waals surface area contributed by atoms with Gasteiger partial charge in [0.25, 0.3) is 0 Å². The molecule has 3 N–H and O–H groups in total. The summed E-state index contributed by atoms with van der Waals surface area (Å²) in [6.07, 6.45) is 0. The number of thiophene rings is 1. The van der Waals surface area contributed by atoms with Gasteiger partial charge in [0.1, 0.15) is 5.69 Å². The zero-order chi connectivity index (χ0) is 12.4. The lowest BCUT2D eigenvalue weighted by atomic mass is 10.2. The first-order valence-corrected chi connectivity index (χ1v) is 6.40. The summed E-state index contributed by atoms with van der Waals surface area (Å²) in [6.45, 7) is 0.369. The second-order valence-electron chi connectivity index (χ2n) is 3.42. The Balaban J connectivity index is 2.14. The number of hydrogen-bond acceptors (Lipinski definition) is 3. The van der Waals surface area contributed by atoms with Crippen molar-refractivity contribution in [3.05, 3.63) is 44.6 Å². The third-order valence-electron chi connectivity index (χ3n) is 2.13. The fourth-order valence-electron chi connectivity index (χ4n) is 1.38. The number of nitrogens with one attached hydrogen (secondary N) is 1. The highest BCUT2D eigenvalue weighted by Gasteiger charge is 2.10. The third-order valence-corrected chi connectivity index (χ3v) is 3.76. The van der Waals surface area contributed by atoms with Crippen LogP contribution in [0.2, 0.25) is 0 Å². The smallest absolute Gasteiger partial charge is 0.151 e. The van der Waals surface area contributed by atoms with Gasteiger partial charge in [-0.15, -0.1) is 11.3 Å². The lowest BCUT2D eigenvalue weighted by Crippen LogP contribution is -2.03. The van der Waals surface area contributed by atoms with Crippen LogP contribution < -0.4 is 11.1 Å². The highest BCUT2D eigenvalue weighted by molar-refractivity contribution is 9.11. The third kappa shape index (κ3) is 2.95. The van der Waals surface area contributed by atoms with Crippen LogP contribution in [0.3, 0.4) is 0 Å². The lowest BCUT2D eigenvalue weighted by molar-refractivity contribution is 0.589. The Hall–Kier alpha value is -1.14. The summed E-state index contributed by atoms with van der Waals surface area (Å²) in [6, 6.07) is 5.96. The SMILES string of the molecule is Nc1cc(F)c(NCc2ccc(Br)s2)c(F)c1. The van der Waals surface area contributed by atoms with Crippen LogP contribution in [0.25, 0.3) is 0 Å². The molecule has 0 saturated heterocycles. The van der Waals surface area contributed by atoms with E-state index in [2.05, 4.69) is 21.2 Å². The molecule has 0 radical (unpaired) electrons. The summed E-state index contributed by atoms with van der Waals surface area (Å²) >= 11 is 4.83. The van der Waals surface area contributed by atoms with Gasteiger partial charge in [-0.1, -0.05) is 0 Å². The van der Waals surface area contributed by atoms with E-state index in [9.17, 15) is 8.78 Å². The predicted octanol–water partition coefficient (Wildman–Crippen LogP) is 3.98. The molecule has 0 unspecified atom stereocenters. The van der Waals surface area contributed by atoms with Crippen LogP contribution >= 0.6 is 27.3 Å². The molecule has 0 saturated carbocycles. The predicted molar refractivity (Wildman–Crippen MR) is 70.1 cm³/mol. The number of benzene rings is 1. The van der Waals surface area contributed by atoms with E-state index in [-0.39, 0.29) is 11.4 Å². The summed E-state index contributed by atoms with van der Waals surface area (Å²) in [5, 5.41) is 2.72. The van der Waals surface area contributed by atoms with Crippen LogP contribution in [-0.4, -0.2) is 0 Å². The summed E-state index contributed by atoms with van der Waals surface area (Å²) < 4.78 is 27.8. The van der Waals surface area contributed by atoms with Gasteiger partial charge in [-0.05, 0) is 40.2 Å². The molecule has 0 atom stereocenters. The summed E-state index contributed by atoms with van der Waals surface area (Å²) in [5.74, 6) is -1.36. The van der Waals surface area contributed by atoms with Crippen LogP contribution in [0.1, 0.15) is 4.88 Å². The van der Waals surface area contributed by atoms with E-state index >= 15 is 0 Å². The molecule has 17 heavy (non-hydrogen) atoms. The van der Waals surface area contributed by atoms with Crippen molar-refractivity contribution in [2.24, 2.45) is 0 Å². The van der Waals surface area contributed by atoms with Gasteiger partial charge < -0.3 is 11.1 Å². The molecular weight excluding hydrogens is 310 g/mol. The highest BCUT2D eigenvalue weighted by Crippen LogP contribution is 2.25. The molecule has 1 aromatic carbocycles. The van der Waals surface area contributed by atoms with Crippen molar-refractivity contribution < 1.29 is 8.78 Å². The van der Waals surface area contributed by atoms with Gasteiger partial charge in [0.05, 0.1) is 3.79 Å². The van der Waals surface area contributed by atoms with E-state index in [0.29, 0.717) is 6.54 Å². The normalized spacial score (nSPS) is 10.5. The highest BCUT2D eigenvalue weighted by atomic mass is 79.9. The molecule has 0 spiro atoms. The second-order valence-corrected chi connectivity index (χ2v) is 5.97. The van der Waals surface area contributed by atoms with Crippen molar-refractivity contribution in [2.45, 2.75) is 6.54 Å². The van der Waals surface area contributed by atoms with Gasteiger partial charge in [-0.2, -0.15) is 0 Å². The van der Waals surface area contributed by atoms with E-state index < -0.39 is 11.6 Å². The molecule has 0 aliphatic rings. The van der Waals surface area contributed by atoms with Crippen molar-refractivity contribution in [1.82, 2.24) is 0 Å². The first kappa shape index (κ1) is 12.3. The second kappa shape index (κ2) is 5.01. The van der Waals surface area contributed by atoms with Gasteiger partial charge in [0.2, 0.25) is 0 Å². The number of hydrogen-bond donors (Lipinski definition) is 2. The molecule has 0 bridgehead atoms. The average molecular weight is 319 g/mol. The fourth-order valence-corrected chi connectivity index (χ4v) is 2.81. The maximum atomic E-state index is 13.4. The topological polar surface area (TPSA) is 38.0 Å². The van der Waals surface area contributed by atoms with Gasteiger partial charge in [-0.25, -0.2) is 8.78 Å². The molecule has 90 valence electrons. The van der Waals surface area contributed by atoms with Crippen molar-refractivity contribution in [3.8, 4) is 0 Å². The molecule has 1 aromatic heterocycles. The monoisotopic (exact) mass is 318 g/mol. The molecule has 2 aromatic rings. The summed E-state index contributed by atoms with van der Waals surface area (Å²) in [4.78, 5) is 0.979. The Bertz CT molecular complexity index is 519. The van der Waals surface area contributed by atoms with Gasteiger partial charge in [0, 0.05) is 17.1 Å². The Morgan fingerprint density at radius 2 is 1.88 bits per heavy atom. The minimum Gasteiger partial charge on any atom is -0.399 e. The van der Waals surface area contributed by atoms with E-state index in [4.69, 9.17) is 5.73 Å². The van der Waals surface area contributed by atoms with Crippen LogP contribution in [0, 0.1) is 11.6 Å². The minimum atomic E-state index is -0.682. The number of rotatable bonds is 3. The Morgan fingerprint density at radius 3 is 2.41 bits per heavy atom. The number of anilines is 2. The average Bonchev–Trinajstić information content (AvgIpc) is 2.62. The minimum absolute atomic E-state index is 0.0735. The van der Waals surface area contributed by atoms with E-state index in [1.807, 2.05) is 12.1 Å². The van der Waals surface area contributed by atoms with Crippen LogP contribution in [-0.2, 0) is 6.54 Å². The standard InChI is InChI=1S/C11H9BrF2N2S/c12-10-2-1-7(17-10)5-16-11-8(13)3-6(15)4-9(11)14/h1-4,16H,5,15H2. The first-order valence-electron chi connectivity index (χ1n) is 4.79. The zero-order valence-corrected chi connectivity index (χ0v) is 11.0. The molecule has 0 amide bonds. The molecule has 0 aliphatic heterocycles. The van der Waals surface area contributed by atoms with E-state index in [1.54, 1.807) is 0 Å². The molecule has 0 aliphatic carbocycles. The molecule has 2 nitrogen and oxygen atoms in total. The number of nitrogens with two attached hydrogens (primary N) is 1. The molecule has 1 heterocycles. The van der Waals surface area contributed by atoms with E-state index in [0.717, 1.165) is 20.8 Å². The first-order chi connectivity index (χ1) is 8.06. The number of nitrogen functional groups attached to an aromatic ring is 1. The number of halogens is 3. The van der Waals surface area contributed by atoms with Gasteiger partial charge in [0.15, 0.2) is 11.6 Å². The Morgan fingerprint density at radius 1 is 1.24 bits per heavy atom. The van der Waals surface area contributed by atoms with Crippen molar-refractivity contribution in [3.63, 3.8) is 0 Å². The maximum Gasteiger partial charge on any atom is 0.151 e. The lowest BCUT2D eigenvalue weighted by Gasteiger charge is -2.08. The van der Waals surface area contributed by atoms with Crippen LogP contribution in [0.5, 0.6) is 0 Å². The zero-order valence-electron chi connectivity index (χ0n) is 8.64. The van der Waals surface area contributed by atoms with Gasteiger partial charge in [-0.3, -0.25) is 0 Å². The Kier molecular flexibility index (Phi) is 3.63. The van der Waals surface area contributed by atoms with E-state index in [1.165, 1.54) is 11.3 Å². The molecule has 6 heteroatoms.